The van der Waals surface area contributed by atoms with E-state index in [-0.39, 0.29) is 23.6 Å². The Morgan fingerprint density at radius 2 is 1.96 bits per heavy atom. The number of aliphatic hydroxyl groups excluding tert-OH is 1. The summed E-state index contributed by atoms with van der Waals surface area (Å²) in [6, 6.07) is 7.49. The summed E-state index contributed by atoms with van der Waals surface area (Å²) in [5, 5.41) is 10.3. The molecule has 1 aromatic carbocycles. The first-order valence-electron chi connectivity index (χ1n) is 9.32. The van der Waals surface area contributed by atoms with E-state index in [4.69, 9.17) is 4.74 Å². The number of nitrogens with one attached hydrogen (secondary N) is 1. The van der Waals surface area contributed by atoms with Crippen molar-refractivity contribution >= 4 is 10.0 Å². The molecule has 0 unspecified atom stereocenters. The van der Waals surface area contributed by atoms with E-state index in [1.165, 1.54) is 19.3 Å². The van der Waals surface area contributed by atoms with Gasteiger partial charge in [0.1, 0.15) is 16.7 Å². The molecule has 4 rings (SSSR count). The van der Waals surface area contributed by atoms with Crippen LogP contribution in [0.3, 0.4) is 0 Å². The normalized spacial score (nSPS) is 33.4. The van der Waals surface area contributed by atoms with Gasteiger partial charge in [0.2, 0.25) is 10.0 Å². The van der Waals surface area contributed by atoms with Gasteiger partial charge in [-0.15, -0.1) is 0 Å². The summed E-state index contributed by atoms with van der Waals surface area (Å²) in [7, 11) is -1.75. The highest BCUT2D eigenvalue weighted by atomic mass is 32.2. The van der Waals surface area contributed by atoms with E-state index in [1.807, 2.05) is 7.05 Å². The summed E-state index contributed by atoms with van der Waals surface area (Å²) in [5.74, 6) is 0.384. The third-order valence-corrected chi connectivity index (χ3v) is 7.31. The number of hydrogen-bond donors (Lipinski definition) is 2. The van der Waals surface area contributed by atoms with Gasteiger partial charge in [-0.3, -0.25) is 9.80 Å². The molecule has 0 amide bonds. The molecule has 0 radical (unpaired) electrons. The van der Waals surface area contributed by atoms with Crippen LogP contribution in [0.15, 0.2) is 29.2 Å². The summed E-state index contributed by atoms with van der Waals surface area (Å²) in [5.41, 5.74) is 0. The molecule has 1 saturated heterocycles. The Bertz CT molecular complexity index is 753. The fourth-order valence-electron chi connectivity index (χ4n) is 4.12. The first kappa shape index (κ1) is 18.2. The maximum absolute atomic E-state index is 12.6. The van der Waals surface area contributed by atoms with Crippen molar-refractivity contribution in [2.75, 3.05) is 33.2 Å². The van der Waals surface area contributed by atoms with Crippen molar-refractivity contribution in [2.45, 2.75) is 48.4 Å². The maximum Gasteiger partial charge on any atom is 0.244 e. The van der Waals surface area contributed by atoms with Gasteiger partial charge < -0.3 is 9.84 Å². The molecule has 0 aromatic heterocycles. The molecule has 2 aliphatic heterocycles. The van der Waals surface area contributed by atoms with Crippen molar-refractivity contribution in [3.05, 3.63) is 24.3 Å². The largest absolute Gasteiger partial charge is 0.486 e. The van der Waals surface area contributed by atoms with Crippen LogP contribution in [0, 0.1) is 0 Å². The minimum atomic E-state index is -3.73. The molecule has 26 heavy (non-hydrogen) atoms. The van der Waals surface area contributed by atoms with Crippen LogP contribution in [0.2, 0.25) is 0 Å². The number of benzene rings is 1. The lowest BCUT2D eigenvalue weighted by Gasteiger charge is -2.35. The van der Waals surface area contributed by atoms with Crippen LogP contribution in [0.5, 0.6) is 5.75 Å². The van der Waals surface area contributed by atoms with Gasteiger partial charge in [0.25, 0.3) is 0 Å². The highest BCUT2D eigenvalue weighted by molar-refractivity contribution is 7.89. The van der Waals surface area contributed by atoms with Gasteiger partial charge in [0.15, 0.2) is 0 Å². The molecule has 2 fully saturated rings. The van der Waals surface area contributed by atoms with Crippen LogP contribution in [-0.4, -0.2) is 80.8 Å². The topological polar surface area (TPSA) is 82.1 Å². The monoisotopic (exact) mass is 381 g/mol. The number of fused-ring (bicyclic) bond motifs is 2. The van der Waals surface area contributed by atoms with Gasteiger partial charge in [0.05, 0.1) is 12.1 Å². The zero-order valence-corrected chi connectivity index (χ0v) is 15.9. The van der Waals surface area contributed by atoms with Crippen LogP contribution < -0.4 is 9.46 Å². The number of likely N-dealkylation sites (tertiary alicyclic amines) is 1. The lowest BCUT2D eigenvalue weighted by molar-refractivity contribution is 0.0712. The lowest BCUT2D eigenvalue weighted by atomic mass is 9.92. The van der Waals surface area contributed by atoms with Gasteiger partial charge in [-0.25, -0.2) is 13.1 Å². The Balaban J connectivity index is 1.67. The fourth-order valence-corrected chi connectivity index (χ4v) is 5.33. The average Bonchev–Trinajstić information content (AvgIpc) is 2.94. The second kappa shape index (κ2) is 7.09. The minimum absolute atomic E-state index is 0.00919. The Kier molecular flexibility index (Phi) is 4.96. The molecule has 1 aliphatic carbocycles. The minimum Gasteiger partial charge on any atom is -0.486 e. The summed E-state index contributed by atoms with van der Waals surface area (Å²) < 4.78 is 34.0. The van der Waals surface area contributed by atoms with Crippen LogP contribution >= 0.6 is 0 Å². The number of rotatable bonds is 1. The molecule has 8 heteroatoms. The summed E-state index contributed by atoms with van der Waals surface area (Å²) in [6.45, 7) is 2.07. The molecule has 0 bridgehead atoms. The predicted molar refractivity (Wildman–Crippen MR) is 97.7 cm³/mol. The number of likely N-dealkylation sites (N-methyl/N-ethyl adjacent to an activating group) is 1. The van der Waals surface area contributed by atoms with Crippen molar-refractivity contribution in [2.24, 2.45) is 0 Å². The van der Waals surface area contributed by atoms with Gasteiger partial charge >= 0.3 is 0 Å². The number of para-hydroxylation sites is 1. The summed E-state index contributed by atoms with van der Waals surface area (Å²) in [4.78, 5) is 4.71. The number of ether oxygens (including phenoxy) is 1. The van der Waals surface area contributed by atoms with E-state index in [0.29, 0.717) is 18.3 Å². The predicted octanol–water partition coefficient (Wildman–Crippen LogP) is 0.255. The molecular formula is C18H27N3O4S. The highest BCUT2D eigenvalue weighted by Crippen LogP contribution is 2.32. The summed E-state index contributed by atoms with van der Waals surface area (Å²) >= 11 is 0. The van der Waals surface area contributed by atoms with Crippen LogP contribution in [0.4, 0.5) is 0 Å². The lowest BCUT2D eigenvalue weighted by Crippen LogP contribution is -2.48. The van der Waals surface area contributed by atoms with Crippen molar-refractivity contribution < 1.29 is 18.3 Å². The van der Waals surface area contributed by atoms with E-state index in [9.17, 15) is 13.5 Å². The zero-order chi connectivity index (χ0) is 18.3. The summed E-state index contributed by atoms with van der Waals surface area (Å²) in [6.07, 6.45) is 2.83. The quantitative estimate of drug-likeness (QED) is 0.726. The maximum atomic E-state index is 12.6. The van der Waals surface area contributed by atoms with Crippen molar-refractivity contribution in [1.29, 1.82) is 0 Å². The van der Waals surface area contributed by atoms with E-state index in [2.05, 4.69) is 14.5 Å². The Labute approximate surface area is 155 Å². The SMILES string of the molecule is CN1C[C@@H](O)CNS(=O)(=O)c2ccccc2O[C@H]2CN(C3CCC3)C[C@H]21. The van der Waals surface area contributed by atoms with E-state index in [1.54, 1.807) is 24.3 Å². The van der Waals surface area contributed by atoms with Crippen LogP contribution in [0.25, 0.3) is 0 Å². The van der Waals surface area contributed by atoms with Crippen molar-refractivity contribution in [1.82, 2.24) is 14.5 Å². The van der Waals surface area contributed by atoms with E-state index < -0.39 is 16.1 Å². The second-order valence-electron chi connectivity index (χ2n) is 7.65. The molecule has 0 spiro atoms. The van der Waals surface area contributed by atoms with Crippen LogP contribution in [0.1, 0.15) is 19.3 Å². The van der Waals surface area contributed by atoms with Crippen LogP contribution in [-0.2, 0) is 10.0 Å². The number of β-amino-alcohol motifs (C(OH)–C–C–N with tert-alkyl or cyclic N) is 1. The third kappa shape index (κ3) is 3.48. The Morgan fingerprint density at radius 3 is 2.69 bits per heavy atom. The molecular weight excluding hydrogens is 354 g/mol. The molecule has 3 atom stereocenters. The molecule has 3 aliphatic rings. The molecule has 2 N–H and O–H groups in total. The highest BCUT2D eigenvalue weighted by Gasteiger charge is 2.42. The van der Waals surface area contributed by atoms with Crippen molar-refractivity contribution in [3.8, 4) is 5.75 Å². The Hall–Kier alpha value is -1.19. The molecule has 1 saturated carbocycles. The first-order valence-corrected chi connectivity index (χ1v) is 10.8. The van der Waals surface area contributed by atoms with Gasteiger partial charge in [-0.1, -0.05) is 18.6 Å². The standard InChI is InChI=1S/C18H27N3O4S/c1-20-10-14(22)9-19-26(23,24)18-8-3-2-7-16(18)25-17-12-21(11-15(17)20)13-5-4-6-13/h2-3,7-8,13-15,17,19,22H,4-6,9-12H2,1H3/t14-,15+,17-/m0/s1. The first-order chi connectivity index (χ1) is 12.4. The number of hydrogen-bond acceptors (Lipinski definition) is 6. The Morgan fingerprint density at radius 1 is 1.19 bits per heavy atom. The third-order valence-electron chi connectivity index (χ3n) is 5.85. The number of nitrogens with zero attached hydrogens (tertiary/aromatic N) is 2. The van der Waals surface area contributed by atoms with Gasteiger partial charge in [-0.2, -0.15) is 0 Å². The number of sulfonamides is 1. The van der Waals surface area contributed by atoms with Gasteiger partial charge in [0, 0.05) is 32.2 Å². The van der Waals surface area contributed by atoms with E-state index >= 15 is 0 Å². The van der Waals surface area contributed by atoms with E-state index in [0.717, 1.165) is 13.1 Å². The number of aliphatic hydroxyl groups is 1. The van der Waals surface area contributed by atoms with Crippen molar-refractivity contribution in [3.63, 3.8) is 0 Å². The smallest absolute Gasteiger partial charge is 0.244 e. The van der Waals surface area contributed by atoms with Gasteiger partial charge in [-0.05, 0) is 32.0 Å². The second-order valence-corrected chi connectivity index (χ2v) is 9.39. The molecule has 2 heterocycles. The molecule has 144 valence electrons. The fraction of sp³-hybridized carbons (Fsp3) is 0.667. The molecule has 1 aromatic rings. The zero-order valence-electron chi connectivity index (χ0n) is 15.0. The molecule has 7 nitrogen and oxygen atoms in total. The average molecular weight is 381 g/mol.